The van der Waals surface area contributed by atoms with Gasteiger partial charge in [-0.25, -0.2) is 9.97 Å². The highest BCUT2D eigenvalue weighted by molar-refractivity contribution is 5.79. The molecule has 0 atom stereocenters. The second kappa shape index (κ2) is 4.41. The van der Waals surface area contributed by atoms with Gasteiger partial charge < -0.3 is 20.1 Å². The van der Waals surface area contributed by atoms with Crippen LogP contribution in [0.25, 0.3) is 22.6 Å². The van der Waals surface area contributed by atoms with Crippen LogP contribution in [0.3, 0.4) is 0 Å². The molecule has 2 heterocycles. The molecule has 3 N–H and O–H groups in total. The average Bonchev–Trinajstić information content (AvgIpc) is 2.84. The Morgan fingerprint density at radius 1 is 1.05 bits per heavy atom. The first kappa shape index (κ1) is 12.3. The molecule has 0 aliphatic carbocycles. The molecule has 0 aliphatic heterocycles. The maximum atomic E-state index is 9.88. The molecule has 0 bridgehead atoms. The Labute approximate surface area is 115 Å². The lowest BCUT2D eigenvalue weighted by Crippen LogP contribution is -2.10. The lowest BCUT2D eigenvalue weighted by Gasteiger charge is -2.09. The fraction of sp³-hybridized carbons (Fsp3) is 0.143. The number of rotatable bonds is 2. The number of aromatic amines is 1. The van der Waals surface area contributed by atoms with Gasteiger partial charge in [0, 0.05) is 14.1 Å². The summed E-state index contributed by atoms with van der Waals surface area (Å²) in [7, 11) is 3.81. The van der Waals surface area contributed by atoms with Crippen molar-refractivity contribution in [1.82, 2.24) is 15.0 Å². The summed E-state index contributed by atoms with van der Waals surface area (Å²) in [5.41, 5.74) is 1.77. The highest BCUT2D eigenvalue weighted by Gasteiger charge is 2.13. The van der Waals surface area contributed by atoms with Gasteiger partial charge in [-0.15, -0.1) is 0 Å². The zero-order chi connectivity index (χ0) is 14.3. The molecule has 6 nitrogen and oxygen atoms in total. The number of nitrogens with zero attached hydrogens (tertiary/aromatic N) is 3. The minimum Gasteiger partial charge on any atom is -0.504 e. The molecule has 6 heteroatoms. The summed E-state index contributed by atoms with van der Waals surface area (Å²) in [6, 6.07) is 8.51. The van der Waals surface area contributed by atoms with E-state index in [0.29, 0.717) is 17.0 Å². The molecule has 102 valence electrons. The quantitative estimate of drug-likeness (QED) is 0.621. The normalized spacial score (nSPS) is 10.9. The zero-order valence-corrected chi connectivity index (χ0v) is 11.1. The third kappa shape index (κ3) is 1.91. The molecule has 0 saturated heterocycles. The molecular weight excluding hydrogens is 256 g/mol. The molecule has 0 saturated carbocycles. The smallest absolute Gasteiger partial charge is 0.180 e. The SMILES string of the molecule is CN(C)c1ccc2[nH]c(-c3cccc(O)c3O)nc2n1. The van der Waals surface area contributed by atoms with Crippen molar-refractivity contribution in [3.63, 3.8) is 0 Å². The van der Waals surface area contributed by atoms with Gasteiger partial charge in [0.05, 0.1) is 11.1 Å². The fourth-order valence-electron chi connectivity index (χ4n) is 1.98. The van der Waals surface area contributed by atoms with Crippen molar-refractivity contribution in [2.75, 3.05) is 19.0 Å². The number of anilines is 1. The number of fused-ring (bicyclic) bond motifs is 1. The number of hydrogen-bond acceptors (Lipinski definition) is 5. The summed E-state index contributed by atoms with van der Waals surface area (Å²) in [6.45, 7) is 0. The largest absolute Gasteiger partial charge is 0.504 e. The molecule has 0 radical (unpaired) electrons. The minimum absolute atomic E-state index is 0.176. The van der Waals surface area contributed by atoms with Gasteiger partial charge in [0.2, 0.25) is 0 Å². The predicted molar refractivity (Wildman–Crippen MR) is 77.0 cm³/mol. The van der Waals surface area contributed by atoms with E-state index in [-0.39, 0.29) is 11.5 Å². The molecule has 1 aromatic carbocycles. The van der Waals surface area contributed by atoms with E-state index >= 15 is 0 Å². The van der Waals surface area contributed by atoms with Crippen LogP contribution >= 0.6 is 0 Å². The number of hydrogen-bond donors (Lipinski definition) is 3. The highest BCUT2D eigenvalue weighted by Crippen LogP contribution is 2.35. The summed E-state index contributed by atoms with van der Waals surface area (Å²) in [5.74, 6) is 0.900. The van der Waals surface area contributed by atoms with Crippen LogP contribution in [0.1, 0.15) is 0 Å². The fourth-order valence-corrected chi connectivity index (χ4v) is 1.98. The number of para-hydroxylation sites is 1. The Bertz CT molecular complexity index is 780. The second-order valence-electron chi connectivity index (χ2n) is 4.69. The Balaban J connectivity index is 2.15. The number of benzene rings is 1. The van der Waals surface area contributed by atoms with Gasteiger partial charge in [0.15, 0.2) is 17.1 Å². The third-order valence-corrected chi connectivity index (χ3v) is 3.06. The summed E-state index contributed by atoms with van der Waals surface area (Å²) in [5, 5.41) is 19.4. The summed E-state index contributed by atoms with van der Waals surface area (Å²) < 4.78 is 0. The van der Waals surface area contributed by atoms with Gasteiger partial charge in [-0.05, 0) is 24.3 Å². The number of nitrogens with one attached hydrogen (secondary N) is 1. The lowest BCUT2D eigenvalue weighted by molar-refractivity contribution is 0.405. The van der Waals surface area contributed by atoms with Crippen LogP contribution in [-0.4, -0.2) is 39.3 Å². The van der Waals surface area contributed by atoms with E-state index in [0.717, 1.165) is 11.3 Å². The van der Waals surface area contributed by atoms with Crippen LogP contribution in [0.15, 0.2) is 30.3 Å². The van der Waals surface area contributed by atoms with E-state index in [1.165, 1.54) is 6.07 Å². The van der Waals surface area contributed by atoms with E-state index in [1.807, 2.05) is 31.1 Å². The van der Waals surface area contributed by atoms with E-state index in [4.69, 9.17) is 0 Å². The number of phenols is 2. The molecule has 0 aliphatic rings. The van der Waals surface area contributed by atoms with Crippen molar-refractivity contribution in [3.05, 3.63) is 30.3 Å². The second-order valence-corrected chi connectivity index (χ2v) is 4.69. The summed E-state index contributed by atoms with van der Waals surface area (Å²) >= 11 is 0. The molecule has 0 spiro atoms. The first-order valence-corrected chi connectivity index (χ1v) is 6.11. The van der Waals surface area contributed by atoms with E-state index < -0.39 is 0 Å². The molecule has 0 fully saturated rings. The molecule has 0 unspecified atom stereocenters. The van der Waals surface area contributed by atoms with E-state index in [2.05, 4.69) is 15.0 Å². The third-order valence-electron chi connectivity index (χ3n) is 3.06. The Kier molecular flexibility index (Phi) is 2.71. The summed E-state index contributed by atoms with van der Waals surface area (Å²) in [6.07, 6.45) is 0. The standard InChI is InChI=1S/C14H14N4O2/c1-18(2)11-7-6-9-14(16-11)17-13(15-9)8-4-3-5-10(19)12(8)20/h3-7,19-20H,1-2H3,(H,15,16,17). The molecule has 0 amide bonds. The van der Waals surface area contributed by atoms with Gasteiger partial charge in [-0.3, -0.25) is 0 Å². The maximum absolute atomic E-state index is 9.88. The van der Waals surface area contributed by atoms with Crippen molar-refractivity contribution >= 4 is 17.0 Å². The molecule has 3 aromatic rings. The van der Waals surface area contributed by atoms with Crippen molar-refractivity contribution < 1.29 is 10.2 Å². The van der Waals surface area contributed by atoms with Gasteiger partial charge in [0.25, 0.3) is 0 Å². The Morgan fingerprint density at radius 3 is 2.60 bits per heavy atom. The molecule has 3 rings (SSSR count). The van der Waals surface area contributed by atoms with Gasteiger partial charge in [-0.1, -0.05) is 6.07 Å². The first-order chi connectivity index (χ1) is 9.56. The van der Waals surface area contributed by atoms with E-state index in [1.54, 1.807) is 12.1 Å². The van der Waals surface area contributed by atoms with Crippen LogP contribution < -0.4 is 4.90 Å². The van der Waals surface area contributed by atoms with Crippen molar-refractivity contribution in [2.24, 2.45) is 0 Å². The van der Waals surface area contributed by atoms with Crippen molar-refractivity contribution in [1.29, 1.82) is 0 Å². The van der Waals surface area contributed by atoms with Crippen LogP contribution in [0.2, 0.25) is 0 Å². The van der Waals surface area contributed by atoms with Crippen LogP contribution in [0.4, 0.5) is 5.82 Å². The minimum atomic E-state index is -0.195. The average molecular weight is 270 g/mol. The molecule has 20 heavy (non-hydrogen) atoms. The zero-order valence-electron chi connectivity index (χ0n) is 11.1. The number of pyridine rings is 1. The van der Waals surface area contributed by atoms with Crippen molar-refractivity contribution in [2.45, 2.75) is 0 Å². The monoisotopic (exact) mass is 270 g/mol. The van der Waals surface area contributed by atoms with Gasteiger partial charge >= 0.3 is 0 Å². The topological polar surface area (TPSA) is 85.3 Å². The van der Waals surface area contributed by atoms with Gasteiger partial charge in [-0.2, -0.15) is 0 Å². The molecular formula is C14H14N4O2. The van der Waals surface area contributed by atoms with Crippen molar-refractivity contribution in [3.8, 4) is 22.9 Å². The summed E-state index contributed by atoms with van der Waals surface area (Å²) in [4.78, 5) is 13.7. The van der Waals surface area contributed by atoms with E-state index in [9.17, 15) is 10.2 Å². The van der Waals surface area contributed by atoms with Crippen LogP contribution in [-0.2, 0) is 0 Å². The number of phenolic OH excluding ortho intramolecular Hbond substituents is 2. The first-order valence-electron chi connectivity index (χ1n) is 6.11. The molecule has 2 aromatic heterocycles. The van der Waals surface area contributed by atoms with Crippen LogP contribution in [0, 0.1) is 0 Å². The number of aromatic hydroxyl groups is 2. The maximum Gasteiger partial charge on any atom is 0.180 e. The Hall–Kier alpha value is -2.76. The number of imidazole rings is 1. The van der Waals surface area contributed by atoms with Gasteiger partial charge in [0.1, 0.15) is 11.6 Å². The van der Waals surface area contributed by atoms with Crippen LogP contribution in [0.5, 0.6) is 11.5 Å². The number of H-pyrrole nitrogens is 1. The predicted octanol–water partition coefficient (Wildman–Crippen LogP) is 2.10. The lowest BCUT2D eigenvalue weighted by atomic mass is 10.2. The highest BCUT2D eigenvalue weighted by atomic mass is 16.3. The number of aromatic nitrogens is 3. The Morgan fingerprint density at radius 2 is 1.85 bits per heavy atom.